The highest BCUT2D eigenvalue weighted by atomic mass is 32.1. The third kappa shape index (κ3) is 1.74. The number of aryl methyl sites for hydroxylation is 1. The highest BCUT2D eigenvalue weighted by Gasteiger charge is 2.45. The second-order valence-electron chi connectivity index (χ2n) is 5.47. The summed E-state index contributed by atoms with van der Waals surface area (Å²) in [6.07, 6.45) is 4.99. The Bertz CT molecular complexity index is 353. The second kappa shape index (κ2) is 3.60. The fourth-order valence-corrected chi connectivity index (χ4v) is 3.84. The molecule has 84 valence electrons. The first-order valence-electron chi connectivity index (χ1n) is 5.81. The quantitative estimate of drug-likeness (QED) is 0.769. The van der Waals surface area contributed by atoms with E-state index in [9.17, 15) is 0 Å². The zero-order valence-electron chi connectivity index (χ0n) is 9.97. The minimum absolute atomic E-state index is 0.0931. The van der Waals surface area contributed by atoms with Gasteiger partial charge in [0.05, 0.1) is 5.54 Å². The normalized spacial score (nSPS) is 30.4. The Morgan fingerprint density at radius 1 is 1.20 bits per heavy atom. The maximum absolute atomic E-state index is 6.68. The lowest BCUT2D eigenvalue weighted by Crippen LogP contribution is -2.51. The first-order chi connectivity index (χ1) is 6.96. The molecular formula is C13H21NS. The highest BCUT2D eigenvalue weighted by Crippen LogP contribution is 2.49. The van der Waals surface area contributed by atoms with Crippen LogP contribution in [0.3, 0.4) is 0 Å². The van der Waals surface area contributed by atoms with E-state index in [1.54, 1.807) is 0 Å². The highest BCUT2D eigenvalue weighted by molar-refractivity contribution is 7.12. The molecule has 1 unspecified atom stereocenters. The standard InChI is InChI=1S/C13H21NS/c1-10-6-7-11(15-10)13(14)9-5-4-8-12(13,2)3/h6-7H,4-5,8-9,14H2,1-3H3. The van der Waals surface area contributed by atoms with E-state index in [4.69, 9.17) is 5.73 Å². The molecule has 1 fully saturated rings. The predicted octanol–water partition coefficient (Wildman–Crippen LogP) is 3.81. The molecule has 0 spiro atoms. The third-order valence-corrected chi connectivity index (χ3v) is 5.19. The van der Waals surface area contributed by atoms with Crippen molar-refractivity contribution in [3.63, 3.8) is 0 Å². The van der Waals surface area contributed by atoms with Crippen LogP contribution in [0.1, 0.15) is 49.3 Å². The average Bonchev–Trinajstić information content (AvgIpc) is 2.58. The topological polar surface area (TPSA) is 26.0 Å². The summed E-state index contributed by atoms with van der Waals surface area (Å²) in [7, 11) is 0. The van der Waals surface area contributed by atoms with E-state index in [0.29, 0.717) is 0 Å². The Balaban J connectivity index is 2.39. The van der Waals surface area contributed by atoms with Crippen molar-refractivity contribution in [2.24, 2.45) is 11.1 Å². The molecule has 0 bridgehead atoms. The molecule has 1 saturated carbocycles. The van der Waals surface area contributed by atoms with Gasteiger partial charge in [-0.2, -0.15) is 0 Å². The first-order valence-corrected chi connectivity index (χ1v) is 6.63. The van der Waals surface area contributed by atoms with Gasteiger partial charge in [0.15, 0.2) is 0 Å². The zero-order valence-corrected chi connectivity index (χ0v) is 10.8. The molecule has 1 aliphatic rings. The van der Waals surface area contributed by atoms with E-state index >= 15 is 0 Å². The van der Waals surface area contributed by atoms with Crippen LogP contribution in [-0.2, 0) is 5.54 Å². The predicted molar refractivity (Wildman–Crippen MR) is 67.2 cm³/mol. The Morgan fingerprint density at radius 3 is 2.40 bits per heavy atom. The molecule has 1 heterocycles. The van der Waals surface area contributed by atoms with Crippen molar-refractivity contribution in [2.75, 3.05) is 0 Å². The van der Waals surface area contributed by atoms with Gasteiger partial charge in [-0.1, -0.05) is 26.7 Å². The lowest BCUT2D eigenvalue weighted by Gasteiger charge is -2.47. The lowest BCUT2D eigenvalue weighted by molar-refractivity contribution is 0.101. The molecule has 0 amide bonds. The SMILES string of the molecule is Cc1ccc(C2(N)CCCCC2(C)C)s1. The van der Waals surface area contributed by atoms with Gasteiger partial charge < -0.3 is 5.73 Å². The monoisotopic (exact) mass is 223 g/mol. The summed E-state index contributed by atoms with van der Waals surface area (Å²) in [6.45, 7) is 6.80. The Labute approximate surface area is 96.7 Å². The van der Waals surface area contributed by atoms with Crippen LogP contribution in [0.5, 0.6) is 0 Å². The summed E-state index contributed by atoms with van der Waals surface area (Å²) in [5.41, 5.74) is 6.83. The van der Waals surface area contributed by atoms with Crippen LogP contribution in [0.4, 0.5) is 0 Å². The van der Waals surface area contributed by atoms with E-state index in [1.165, 1.54) is 29.0 Å². The van der Waals surface area contributed by atoms with Crippen LogP contribution in [0.15, 0.2) is 12.1 Å². The molecule has 1 nitrogen and oxygen atoms in total. The molecule has 1 aliphatic carbocycles. The summed E-state index contributed by atoms with van der Waals surface area (Å²) >= 11 is 1.87. The number of thiophene rings is 1. The molecule has 15 heavy (non-hydrogen) atoms. The summed E-state index contributed by atoms with van der Waals surface area (Å²) < 4.78 is 0. The van der Waals surface area contributed by atoms with Crippen LogP contribution in [0.25, 0.3) is 0 Å². The van der Waals surface area contributed by atoms with Crippen molar-refractivity contribution >= 4 is 11.3 Å². The smallest absolute Gasteiger partial charge is 0.0555 e. The third-order valence-electron chi connectivity index (χ3n) is 4.01. The van der Waals surface area contributed by atoms with Gasteiger partial charge in [-0.15, -0.1) is 11.3 Å². The van der Waals surface area contributed by atoms with Crippen molar-refractivity contribution in [1.29, 1.82) is 0 Å². The molecule has 0 aliphatic heterocycles. The molecule has 2 N–H and O–H groups in total. The largest absolute Gasteiger partial charge is 0.320 e. The van der Waals surface area contributed by atoms with Crippen molar-refractivity contribution < 1.29 is 0 Å². The molecule has 2 heteroatoms. The number of hydrogen-bond acceptors (Lipinski definition) is 2. The van der Waals surface area contributed by atoms with Gasteiger partial charge in [0.1, 0.15) is 0 Å². The molecule has 0 aromatic carbocycles. The Hall–Kier alpha value is -0.340. The van der Waals surface area contributed by atoms with Gasteiger partial charge in [0, 0.05) is 9.75 Å². The summed E-state index contributed by atoms with van der Waals surface area (Å²) in [6, 6.07) is 4.42. The van der Waals surface area contributed by atoms with Gasteiger partial charge >= 0.3 is 0 Å². The van der Waals surface area contributed by atoms with Crippen LogP contribution in [-0.4, -0.2) is 0 Å². The van der Waals surface area contributed by atoms with Crippen LogP contribution >= 0.6 is 11.3 Å². The fourth-order valence-electron chi connectivity index (χ4n) is 2.66. The Kier molecular flexibility index (Phi) is 2.68. The number of hydrogen-bond donors (Lipinski definition) is 1. The summed E-state index contributed by atoms with van der Waals surface area (Å²) in [5, 5.41) is 0. The minimum atomic E-state index is -0.0931. The van der Waals surface area contributed by atoms with Gasteiger partial charge in [-0.3, -0.25) is 0 Å². The maximum atomic E-state index is 6.68. The van der Waals surface area contributed by atoms with Crippen molar-refractivity contribution in [3.8, 4) is 0 Å². The summed E-state index contributed by atoms with van der Waals surface area (Å²) in [5.74, 6) is 0. The van der Waals surface area contributed by atoms with Gasteiger partial charge in [0.2, 0.25) is 0 Å². The van der Waals surface area contributed by atoms with E-state index in [2.05, 4.69) is 32.9 Å². The van der Waals surface area contributed by atoms with E-state index < -0.39 is 0 Å². The minimum Gasteiger partial charge on any atom is -0.320 e. The lowest BCUT2D eigenvalue weighted by atomic mass is 9.63. The maximum Gasteiger partial charge on any atom is 0.0555 e. The second-order valence-corrected chi connectivity index (χ2v) is 6.76. The molecule has 2 rings (SSSR count). The Morgan fingerprint density at radius 2 is 1.87 bits per heavy atom. The van der Waals surface area contributed by atoms with Crippen molar-refractivity contribution in [2.45, 2.75) is 52.0 Å². The molecule has 0 radical (unpaired) electrons. The van der Waals surface area contributed by atoms with Crippen LogP contribution < -0.4 is 5.73 Å². The molecule has 1 atom stereocenters. The summed E-state index contributed by atoms with van der Waals surface area (Å²) in [4.78, 5) is 2.75. The van der Waals surface area contributed by atoms with Crippen LogP contribution in [0.2, 0.25) is 0 Å². The van der Waals surface area contributed by atoms with E-state index in [0.717, 1.165) is 6.42 Å². The van der Waals surface area contributed by atoms with Crippen molar-refractivity contribution in [3.05, 3.63) is 21.9 Å². The first kappa shape index (κ1) is 11.2. The zero-order chi connectivity index (χ0) is 11.1. The molecule has 1 aromatic heterocycles. The van der Waals surface area contributed by atoms with Crippen molar-refractivity contribution in [1.82, 2.24) is 0 Å². The fraction of sp³-hybridized carbons (Fsp3) is 0.692. The van der Waals surface area contributed by atoms with Gasteiger partial charge in [0.25, 0.3) is 0 Å². The molecule has 0 saturated heterocycles. The number of rotatable bonds is 1. The molecule has 1 aromatic rings. The van der Waals surface area contributed by atoms with Crippen LogP contribution in [0, 0.1) is 12.3 Å². The van der Waals surface area contributed by atoms with Gasteiger partial charge in [-0.05, 0) is 37.3 Å². The van der Waals surface area contributed by atoms with E-state index in [-0.39, 0.29) is 11.0 Å². The van der Waals surface area contributed by atoms with Gasteiger partial charge in [-0.25, -0.2) is 0 Å². The average molecular weight is 223 g/mol. The van der Waals surface area contributed by atoms with E-state index in [1.807, 2.05) is 11.3 Å². The molecular weight excluding hydrogens is 202 g/mol. The number of nitrogens with two attached hydrogens (primary N) is 1.